The van der Waals surface area contributed by atoms with Crippen molar-refractivity contribution in [1.29, 1.82) is 0 Å². The average Bonchev–Trinajstić information content (AvgIpc) is 3.13. The highest BCUT2D eigenvalue weighted by molar-refractivity contribution is 7.92. The minimum absolute atomic E-state index is 0.0405. The van der Waals surface area contributed by atoms with Crippen molar-refractivity contribution in [2.24, 2.45) is 0 Å². The van der Waals surface area contributed by atoms with Gasteiger partial charge in [-0.05, 0) is 42.5 Å². The maximum Gasteiger partial charge on any atom is 0.335 e. The summed E-state index contributed by atoms with van der Waals surface area (Å²) in [6, 6.07) is 10.3. The normalized spacial score (nSPS) is 11.2. The Bertz CT molecular complexity index is 1090. The molecule has 0 aliphatic carbocycles. The van der Waals surface area contributed by atoms with Gasteiger partial charge >= 0.3 is 5.97 Å². The van der Waals surface area contributed by atoms with Crippen LogP contribution in [0.1, 0.15) is 10.4 Å². The minimum atomic E-state index is -4.08. The van der Waals surface area contributed by atoms with E-state index in [1.807, 2.05) is 0 Å². The fourth-order valence-corrected chi connectivity index (χ4v) is 3.28. The lowest BCUT2D eigenvalue weighted by atomic mass is 10.2. The molecular formula is C17H13ClN2O6S. The first-order chi connectivity index (χ1) is 12.8. The van der Waals surface area contributed by atoms with Gasteiger partial charge in [0, 0.05) is 10.6 Å². The summed E-state index contributed by atoms with van der Waals surface area (Å²) in [6.07, 6.45) is 1.00. The van der Waals surface area contributed by atoms with Gasteiger partial charge in [-0.25, -0.2) is 4.79 Å². The van der Waals surface area contributed by atoms with Crippen LogP contribution >= 0.6 is 11.6 Å². The first kappa shape index (κ1) is 18.7. The van der Waals surface area contributed by atoms with Crippen molar-refractivity contribution in [2.75, 3.05) is 11.8 Å². The molecule has 10 heteroatoms. The second-order valence-electron chi connectivity index (χ2n) is 5.32. The number of hydrogen-bond donors (Lipinski definition) is 2. The van der Waals surface area contributed by atoms with Crippen LogP contribution in [0.25, 0.3) is 11.5 Å². The number of carboxylic acids is 1. The van der Waals surface area contributed by atoms with E-state index in [-0.39, 0.29) is 27.9 Å². The molecule has 0 unspecified atom stereocenters. The summed E-state index contributed by atoms with van der Waals surface area (Å²) in [7, 11) is -2.78. The molecule has 1 aromatic heterocycles. The molecule has 0 aliphatic rings. The Labute approximate surface area is 159 Å². The number of benzene rings is 2. The molecule has 0 fully saturated rings. The van der Waals surface area contributed by atoms with E-state index >= 15 is 0 Å². The lowest BCUT2D eigenvalue weighted by Crippen LogP contribution is -2.14. The van der Waals surface area contributed by atoms with E-state index in [0.717, 1.165) is 6.26 Å². The Kier molecular flexibility index (Phi) is 5.06. The highest BCUT2D eigenvalue weighted by Gasteiger charge is 2.22. The third-order valence-electron chi connectivity index (χ3n) is 3.54. The molecule has 0 aliphatic heterocycles. The second-order valence-corrected chi connectivity index (χ2v) is 7.39. The molecule has 0 saturated heterocycles. The van der Waals surface area contributed by atoms with E-state index in [4.69, 9.17) is 25.9 Å². The molecule has 8 nitrogen and oxygen atoms in total. The summed E-state index contributed by atoms with van der Waals surface area (Å²) in [6.45, 7) is 0. The molecule has 140 valence electrons. The quantitative estimate of drug-likeness (QED) is 0.640. The van der Waals surface area contributed by atoms with Crippen molar-refractivity contribution in [3.63, 3.8) is 0 Å². The Morgan fingerprint density at radius 1 is 1.22 bits per heavy atom. The monoisotopic (exact) mass is 408 g/mol. The molecule has 0 bridgehead atoms. The maximum absolute atomic E-state index is 12.6. The van der Waals surface area contributed by atoms with E-state index in [1.54, 1.807) is 24.3 Å². The standard InChI is InChI=1S/C17H13ClN2O6S/c1-25-14-8-11(17(21)22)4-7-13(14)20-27(23,24)15-9-26-16(19-15)10-2-5-12(18)6-3-10/h2-9,20H,1H3,(H,21,22). The van der Waals surface area contributed by atoms with Crippen LogP contribution in [0.4, 0.5) is 5.69 Å². The number of ether oxygens (including phenoxy) is 1. The SMILES string of the molecule is COc1cc(C(=O)O)ccc1NS(=O)(=O)c1coc(-c2ccc(Cl)cc2)n1. The van der Waals surface area contributed by atoms with Crippen molar-refractivity contribution >= 4 is 33.3 Å². The highest BCUT2D eigenvalue weighted by Crippen LogP contribution is 2.29. The molecule has 2 aromatic carbocycles. The van der Waals surface area contributed by atoms with Gasteiger partial charge < -0.3 is 14.3 Å². The van der Waals surface area contributed by atoms with Gasteiger partial charge in [-0.15, -0.1) is 0 Å². The molecule has 0 spiro atoms. The van der Waals surface area contributed by atoms with Crippen LogP contribution < -0.4 is 9.46 Å². The number of rotatable bonds is 6. The van der Waals surface area contributed by atoms with Crippen molar-refractivity contribution < 1.29 is 27.5 Å². The van der Waals surface area contributed by atoms with Crippen LogP contribution in [0, 0.1) is 0 Å². The van der Waals surface area contributed by atoms with Gasteiger partial charge in [0.25, 0.3) is 10.0 Å². The van der Waals surface area contributed by atoms with Crippen LogP contribution in [-0.2, 0) is 10.0 Å². The van der Waals surface area contributed by atoms with Gasteiger partial charge in [0.1, 0.15) is 12.0 Å². The van der Waals surface area contributed by atoms with Crippen LogP contribution in [0.3, 0.4) is 0 Å². The largest absolute Gasteiger partial charge is 0.495 e. The third-order valence-corrected chi connectivity index (χ3v) is 5.02. The topological polar surface area (TPSA) is 119 Å². The molecule has 3 rings (SSSR count). The molecule has 27 heavy (non-hydrogen) atoms. The highest BCUT2D eigenvalue weighted by atomic mass is 35.5. The smallest absolute Gasteiger partial charge is 0.335 e. The van der Waals surface area contributed by atoms with Gasteiger partial charge in [-0.1, -0.05) is 11.6 Å². The van der Waals surface area contributed by atoms with Crippen molar-refractivity contribution in [3.05, 3.63) is 59.3 Å². The van der Waals surface area contributed by atoms with Crippen molar-refractivity contribution in [3.8, 4) is 17.2 Å². The van der Waals surface area contributed by atoms with Crippen LogP contribution in [-0.4, -0.2) is 31.6 Å². The number of nitrogens with zero attached hydrogens (tertiary/aromatic N) is 1. The van der Waals surface area contributed by atoms with E-state index < -0.39 is 16.0 Å². The molecule has 0 atom stereocenters. The number of nitrogens with one attached hydrogen (secondary N) is 1. The number of carboxylic acid groups (broad SMARTS) is 1. The maximum atomic E-state index is 12.6. The van der Waals surface area contributed by atoms with E-state index in [2.05, 4.69) is 9.71 Å². The number of aromatic nitrogens is 1. The Balaban J connectivity index is 1.89. The van der Waals surface area contributed by atoms with E-state index in [1.165, 1.54) is 25.3 Å². The van der Waals surface area contributed by atoms with Crippen LogP contribution in [0.5, 0.6) is 5.75 Å². The van der Waals surface area contributed by atoms with E-state index in [0.29, 0.717) is 10.6 Å². The van der Waals surface area contributed by atoms with Crippen molar-refractivity contribution in [2.45, 2.75) is 5.03 Å². The number of oxazole rings is 1. The first-order valence-electron chi connectivity index (χ1n) is 7.46. The molecule has 1 heterocycles. The summed E-state index contributed by atoms with van der Waals surface area (Å²) in [5.41, 5.74) is 0.587. The predicted molar refractivity (Wildman–Crippen MR) is 97.7 cm³/mol. The zero-order chi connectivity index (χ0) is 19.6. The lowest BCUT2D eigenvalue weighted by molar-refractivity contribution is 0.0696. The zero-order valence-corrected chi connectivity index (χ0v) is 15.4. The zero-order valence-electron chi connectivity index (χ0n) is 13.8. The van der Waals surface area contributed by atoms with Crippen LogP contribution in [0.2, 0.25) is 5.02 Å². The third kappa shape index (κ3) is 4.04. The van der Waals surface area contributed by atoms with Gasteiger partial charge in [-0.2, -0.15) is 13.4 Å². The van der Waals surface area contributed by atoms with Gasteiger partial charge in [0.05, 0.1) is 18.4 Å². The van der Waals surface area contributed by atoms with Gasteiger partial charge in [0.15, 0.2) is 0 Å². The van der Waals surface area contributed by atoms with Gasteiger partial charge in [0.2, 0.25) is 10.9 Å². The summed E-state index contributed by atoms with van der Waals surface area (Å²) >= 11 is 5.82. The molecule has 2 N–H and O–H groups in total. The molecule has 0 radical (unpaired) electrons. The Morgan fingerprint density at radius 3 is 2.56 bits per heavy atom. The fraction of sp³-hybridized carbons (Fsp3) is 0.0588. The first-order valence-corrected chi connectivity index (χ1v) is 9.32. The number of anilines is 1. The minimum Gasteiger partial charge on any atom is -0.495 e. The van der Waals surface area contributed by atoms with Crippen molar-refractivity contribution in [1.82, 2.24) is 4.98 Å². The molecule has 0 amide bonds. The van der Waals surface area contributed by atoms with Crippen LogP contribution in [0.15, 0.2) is 58.2 Å². The molecule has 3 aromatic rings. The second kappa shape index (κ2) is 7.29. The number of sulfonamides is 1. The number of carbonyl (C=O) groups is 1. The Hall–Kier alpha value is -3.04. The summed E-state index contributed by atoms with van der Waals surface area (Å²) in [5, 5.41) is 9.20. The average molecular weight is 409 g/mol. The Morgan fingerprint density at radius 2 is 1.93 bits per heavy atom. The fourth-order valence-electron chi connectivity index (χ4n) is 2.21. The summed E-state index contributed by atoms with van der Waals surface area (Å²) in [5.74, 6) is -0.994. The summed E-state index contributed by atoms with van der Waals surface area (Å²) in [4.78, 5) is 15.0. The lowest BCUT2D eigenvalue weighted by Gasteiger charge is -2.11. The summed E-state index contributed by atoms with van der Waals surface area (Å²) < 4.78 is 37.7. The predicted octanol–water partition coefficient (Wildman–Crippen LogP) is 3.50. The molecule has 0 saturated carbocycles. The van der Waals surface area contributed by atoms with Gasteiger partial charge in [-0.3, -0.25) is 4.72 Å². The molecular weight excluding hydrogens is 396 g/mol. The number of methoxy groups -OCH3 is 1. The van der Waals surface area contributed by atoms with E-state index in [9.17, 15) is 13.2 Å². The number of hydrogen-bond acceptors (Lipinski definition) is 6. The number of aromatic carboxylic acids is 1. The number of halogens is 1.